The first-order valence-corrected chi connectivity index (χ1v) is 7.37. The summed E-state index contributed by atoms with van der Waals surface area (Å²) in [5, 5.41) is 3.58. The van der Waals surface area contributed by atoms with Crippen molar-refractivity contribution in [3.05, 3.63) is 16.6 Å². The minimum Gasteiger partial charge on any atom is -0.374 e. The first-order chi connectivity index (χ1) is 8.24. The fourth-order valence-corrected chi connectivity index (χ4v) is 3.17. The summed E-state index contributed by atoms with van der Waals surface area (Å²) in [5.74, 6) is 0. The Morgan fingerprint density at radius 2 is 2.47 bits per heavy atom. The zero-order valence-corrected chi connectivity index (χ0v) is 11.6. The highest BCUT2D eigenvalue weighted by molar-refractivity contribution is 7.09. The van der Waals surface area contributed by atoms with E-state index in [-0.39, 0.29) is 5.60 Å². The van der Waals surface area contributed by atoms with E-state index in [1.807, 2.05) is 11.7 Å². The van der Waals surface area contributed by atoms with E-state index in [4.69, 9.17) is 4.74 Å². The van der Waals surface area contributed by atoms with Crippen LogP contribution in [0.1, 0.15) is 38.0 Å². The number of aromatic nitrogens is 1. The summed E-state index contributed by atoms with van der Waals surface area (Å²) >= 11 is 1.73. The van der Waals surface area contributed by atoms with Crippen LogP contribution in [0, 0.1) is 0 Å². The average Bonchev–Trinajstić information content (AvgIpc) is 2.82. The first-order valence-electron chi connectivity index (χ1n) is 6.49. The van der Waals surface area contributed by atoms with Crippen LogP contribution in [-0.2, 0) is 11.2 Å². The number of rotatable bonds is 5. The van der Waals surface area contributed by atoms with Crippen molar-refractivity contribution in [1.82, 2.24) is 10.3 Å². The molecule has 1 aromatic rings. The van der Waals surface area contributed by atoms with E-state index in [9.17, 15) is 0 Å². The van der Waals surface area contributed by atoms with Crippen LogP contribution in [0.15, 0.2) is 11.7 Å². The molecule has 2 heterocycles. The van der Waals surface area contributed by atoms with E-state index >= 15 is 0 Å². The predicted octanol–water partition coefficient (Wildman–Crippen LogP) is 2.62. The third-order valence-corrected chi connectivity index (χ3v) is 4.38. The molecule has 2 atom stereocenters. The number of thiazole rings is 1. The van der Waals surface area contributed by atoms with Gasteiger partial charge in [0.2, 0.25) is 0 Å². The van der Waals surface area contributed by atoms with Gasteiger partial charge in [-0.05, 0) is 32.7 Å². The molecule has 2 unspecified atom stereocenters. The lowest BCUT2D eigenvalue weighted by Gasteiger charge is -2.41. The monoisotopic (exact) mass is 254 g/mol. The molecule has 1 aromatic heterocycles. The average molecular weight is 254 g/mol. The maximum Gasteiger partial charge on any atom is 0.0810 e. The molecule has 0 radical (unpaired) electrons. The third kappa shape index (κ3) is 3.27. The van der Waals surface area contributed by atoms with Crippen LogP contribution in [0.3, 0.4) is 0 Å². The van der Waals surface area contributed by atoms with Crippen LogP contribution in [0.5, 0.6) is 0 Å². The van der Waals surface area contributed by atoms with E-state index in [1.165, 1.54) is 17.7 Å². The number of ether oxygens (including phenoxy) is 1. The second-order valence-electron chi connectivity index (χ2n) is 4.90. The smallest absolute Gasteiger partial charge is 0.0810 e. The Bertz CT molecular complexity index is 320. The van der Waals surface area contributed by atoms with Crippen LogP contribution >= 0.6 is 11.3 Å². The van der Waals surface area contributed by atoms with Crippen LogP contribution in [-0.4, -0.2) is 29.8 Å². The van der Waals surface area contributed by atoms with Crippen molar-refractivity contribution in [3.63, 3.8) is 0 Å². The number of nitrogens with zero attached hydrogens (tertiary/aromatic N) is 1. The Labute approximate surface area is 108 Å². The van der Waals surface area contributed by atoms with Gasteiger partial charge in [-0.3, -0.25) is 4.98 Å². The Balaban J connectivity index is 2.04. The standard InChI is InChI=1S/C13H22N2OS/c1-3-15-12(8-11-9-14-10-17-11)13(2)6-4-5-7-16-13/h9-10,12,15H,3-8H2,1-2H3. The number of likely N-dealkylation sites (N-methyl/N-ethyl adjacent to an activating group) is 1. The fourth-order valence-electron chi connectivity index (χ4n) is 2.52. The molecule has 2 rings (SSSR count). The molecule has 4 heteroatoms. The van der Waals surface area contributed by atoms with Gasteiger partial charge in [-0.1, -0.05) is 6.92 Å². The molecular weight excluding hydrogens is 232 g/mol. The van der Waals surface area contributed by atoms with Gasteiger partial charge in [0.1, 0.15) is 0 Å². The van der Waals surface area contributed by atoms with Gasteiger partial charge in [0.15, 0.2) is 0 Å². The molecule has 0 saturated carbocycles. The number of hydrogen-bond acceptors (Lipinski definition) is 4. The SMILES string of the molecule is CCNC(Cc1cncs1)C1(C)CCCCO1. The molecule has 0 aliphatic carbocycles. The zero-order valence-electron chi connectivity index (χ0n) is 10.7. The lowest BCUT2D eigenvalue weighted by molar-refractivity contribution is -0.0879. The molecule has 1 fully saturated rings. The van der Waals surface area contributed by atoms with Gasteiger partial charge in [0.25, 0.3) is 0 Å². The maximum absolute atomic E-state index is 6.05. The molecule has 1 aliphatic heterocycles. The predicted molar refractivity (Wildman–Crippen MR) is 71.5 cm³/mol. The summed E-state index contributed by atoms with van der Waals surface area (Å²) < 4.78 is 6.05. The van der Waals surface area contributed by atoms with Crippen molar-refractivity contribution < 1.29 is 4.74 Å². The Kier molecular flexibility index (Phi) is 4.54. The maximum atomic E-state index is 6.05. The number of nitrogens with one attached hydrogen (secondary N) is 1. The summed E-state index contributed by atoms with van der Waals surface area (Å²) in [6, 6.07) is 0.397. The van der Waals surface area contributed by atoms with E-state index in [0.29, 0.717) is 6.04 Å². The van der Waals surface area contributed by atoms with Gasteiger partial charge in [-0.25, -0.2) is 0 Å². The van der Waals surface area contributed by atoms with E-state index < -0.39 is 0 Å². The first kappa shape index (κ1) is 13.0. The summed E-state index contributed by atoms with van der Waals surface area (Å²) in [6.07, 6.45) is 6.63. The second-order valence-corrected chi connectivity index (χ2v) is 5.87. The lowest BCUT2D eigenvalue weighted by Crippen LogP contribution is -2.53. The van der Waals surface area contributed by atoms with E-state index in [0.717, 1.165) is 26.0 Å². The van der Waals surface area contributed by atoms with E-state index in [2.05, 4.69) is 24.1 Å². The van der Waals surface area contributed by atoms with Gasteiger partial charge < -0.3 is 10.1 Å². The second kappa shape index (κ2) is 5.94. The third-order valence-electron chi connectivity index (χ3n) is 3.58. The molecule has 0 spiro atoms. The highest BCUT2D eigenvalue weighted by Crippen LogP contribution is 2.30. The summed E-state index contributed by atoms with van der Waals surface area (Å²) in [4.78, 5) is 5.49. The lowest BCUT2D eigenvalue weighted by atomic mass is 9.86. The molecule has 17 heavy (non-hydrogen) atoms. The van der Waals surface area contributed by atoms with Crippen LogP contribution in [0.25, 0.3) is 0 Å². The molecule has 0 bridgehead atoms. The van der Waals surface area contributed by atoms with Crippen molar-refractivity contribution in [1.29, 1.82) is 0 Å². The molecule has 0 amide bonds. The highest BCUT2D eigenvalue weighted by atomic mass is 32.1. The molecule has 1 saturated heterocycles. The van der Waals surface area contributed by atoms with Crippen molar-refractivity contribution in [2.75, 3.05) is 13.2 Å². The Morgan fingerprint density at radius 3 is 3.06 bits per heavy atom. The summed E-state index contributed by atoms with van der Waals surface area (Å²) in [5.41, 5.74) is 1.89. The summed E-state index contributed by atoms with van der Waals surface area (Å²) in [7, 11) is 0. The molecule has 1 aliphatic rings. The molecule has 1 N–H and O–H groups in total. The normalized spacial score (nSPS) is 26.9. The molecule has 3 nitrogen and oxygen atoms in total. The Hall–Kier alpha value is -0.450. The molecule has 96 valence electrons. The summed E-state index contributed by atoms with van der Waals surface area (Å²) in [6.45, 7) is 6.30. The van der Waals surface area contributed by atoms with Crippen LogP contribution in [0.4, 0.5) is 0 Å². The number of hydrogen-bond donors (Lipinski definition) is 1. The van der Waals surface area contributed by atoms with Gasteiger partial charge in [-0.2, -0.15) is 0 Å². The van der Waals surface area contributed by atoms with Crippen LogP contribution < -0.4 is 5.32 Å². The minimum absolute atomic E-state index is 0.0156. The topological polar surface area (TPSA) is 34.2 Å². The Morgan fingerprint density at radius 1 is 1.59 bits per heavy atom. The van der Waals surface area contributed by atoms with Crippen molar-refractivity contribution >= 4 is 11.3 Å². The molecule has 0 aromatic carbocycles. The van der Waals surface area contributed by atoms with Crippen molar-refractivity contribution in [2.45, 2.75) is 51.2 Å². The fraction of sp³-hybridized carbons (Fsp3) is 0.769. The quantitative estimate of drug-likeness (QED) is 0.877. The van der Waals surface area contributed by atoms with Crippen LogP contribution in [0.2, 0.25) is 0 Å². The van der Waals surface area contributed by atoms with Crippen molar-refractivity contribution in [3.8, 4) is 0 Å². The zero-order chi connectivity index (χ0) is 12.1. The largest absolute Gasteiger partial charge is 0.374 e. The van der Waals surface area contributed by atoms with Crippen molar-refractivity contribution in [2.24, 2.45) is 0 Å². The molecular formula is C13H22N2OS. The van der Waals surface area contributed by atoms with E-state index in [1.54, 1.807) is 11.3 Å². The van der Waals surface area contributed by atoms with Gasteiger partial charge in [0, 0.05) is 30.1 Å². The highest BCUT2D eigenvalue weighted by Gasteiger charge is 2.36. The van der Waals surface area contributed by atoms with Gasteiger partial charge in [-0.15, -0.1) is 11.3 Å². The van der Waals surface area contributed by atoms with Gasteiger partial charge >= 0.3 is 0 Å². The van der Waals surface area contributed by atoms with Gasteiger partial charge in [0.05, 0.1) is 11.1 Å². The minimum atomic E-state index is -0.0156.